The van der Waals surface area contributed by atoms with Gasteiger partial charge in [-0.25, -0.2) is 4.98 Å². The van der Waals surface area contributed by atoms with Crippen molar-refractivity contribution in [2.75, 3.05) is 0 Å². The Hall–Kier alpha value is -0.290. The number of pyridine rings is 1. The standard InChI is InChI=1S/C12H7Br2Cl2NO/c13-8-1-2-11(9(14)4-8)18-12-3-7(5-15)10(16)6-17-12/h1-4,6H,5H2. The van der Waals surface area contributed by atoms with Crippen molar-refractivity contribution in [3.05, 3.63) is 50.0 Å². The molecule has 0 amide bonds. The smallest absolute Gasteiger partial charge is 0.219 e. The first kappa shape index (κ1) is 14.1. The normalized spacial score (nSPS) is 10.4. The van der Waals surface area contributed by atoms with Gasteiger partial charge in [0.25, 0.3) is 0 Å². The largest absolute Gasteiger partial charge is 0.438 e. The summed E-state index contributed by atoms with van der Waals surface area (Å²) in [5, 5.41) is 0.534. The van der Waals surface area contributed by atoms with E-state index < -0.39 is 0 Å². The number of aromatic nitrogens is 1. The van der Waals surface area contributed by atoms with Gasteiger partial charge in [0, 0.05) is 22.6 Å². The van der Waals surface area contributed by atoms with Crippen LogP contribution in [0.3, 0.4) is 0 Å². The van der Waals surface area contributed by atoms with Crippen molar-refractivity contribution in [2.24, 2.45) is 0 Å². The summed E-state index contributed by atoms with van der Waals surface area (Å²) in [4.78, 5) is 4.10. The van der Waals surface area contributed by atoms with Gasteiger partial charge in [0.2, 0.25) is 5.88 Å². The van der Waals surface area contributed by atoms with Crippen LogP contribution in [0.5, 0.6) is 11.6 Å². The van der Waals surface area contributed by atoms with Crippen LogP contribution in [0.1, 0.15) is 5.56 Å². The fraction of sp³-hybridized carbons (Fsp3) is 0.0833. The number of alkyl halides is 1. The predicted molar refractivity (Wildman–Crippen MR) is 80.7 cm³/mol. The van der Waals surface area contributed by atoms with Gasteiger partial charge >= 0.3 is 0 Å². The number of hydrogen-bond donors (Lipinski definition) is 0. The summed E-state index contributed by atoms with van der Waals surface area (Å²) in [7, 11) is 0. The van der Waals surface area contributed by atoms with Crippen molar-refractivity contribution >= 4 is 55.1 Å². The average Bonchev–Trinajstić information content (AvgIpc) is 2.35. The quantitative estimate of drug-likeness (QED) is 0.596. The van der Waals surface area contributed by atoms with Crippen LogP contribution >= 0.6 is 55.1 Å². The predicted octanol–water partition coefficient (Wildman–Crippen LogP) is 5.79. The summed E-state index contributed by atoms with van der Waals surface area (Å²) >= 11 is 18.5. The minimum absolute atomic E-state index is 0.319. The molecule has 2 nitrogen and oxygen atoms in total. The second-order valence-corrected chi connectivity index (χ2v) is 5.87. The maximum absolute atomic E-state index is 5.93. The average molecular weight is 412 g/mol. The Labute approximate surface area is 132 Å². The summed E-state index contributed by atoms with van der Waals surface area (Å²) in [6.07, 6.45) is 1.53. The Morgan fingerprint density at radius 1 is 1.22 bits per heavy atom. The molecule has 2 aromatic rings. The number of ether oxygens (including phenoxy) is 1. The molecule has 0 saturated heterocycles. The molecule has 0 unspecified atom stereocenters. The molecule has 0 bridgehead atoms. The molecule has 0 fully saturated rings. The van der Waals surface area contributed by atoms with E-state index >= 15 is 0 Å². The van der Waals surface area contributed by atoms with Crippen LogP contribution in [-0.2, 0) is 5.88 Å². The van der Waals surface area contributed by atoms with E-state index in [-0.39, 0.29) is 0 Å². The molecule has 1 heterocycles. The van der Waals surface area contributed by atoms with E-state index in [0.717, 1.165) is 14.5 Å². The Kier molecular flexibility index (Phi) is 4.90. The van der Waals surface area contributed by atoms with E-state index in [1.807, 2.05) is 18.2 Å². The highest BCUT2D eigenvalue weighted by Crippen LogP contribution is 2.32. The van der Waals surface area contributed by atoms with Crippen LogP contribution in [0.4, 0.5) is 0 Å². The third-order valence-corrected chi connectivity index (χ3v) is 3.90. The molecule has 1 aromatic carbocycles. The van der Waals surface area contributed by atoms with Crippen molar-refractivity contribution in [3.63, 3.8) is 0 Å². The number of rotatable bonds is 3. The Bertz CT molecular complexity index is 578. The second kappa shape index (κ2) is 6.24. The molecular weight excluding hydrogens is 405 g/mol. The van der Waals surface area contributed by atoms with E-state index in [0.29, 0.717) is 22.5 Å². The second-order valence-electron chi connectivity index (χ2n) is 3.42. The number of hydrogen-bond acceptors (Lipinski definition) is 2. The Morgan fingerprint density at radius 2 is 2.00 bits per heavy atom. The molecule has 1 aromatic heterocycles. The molecule has 0 aliphatic carbocycles. The van der Waals surface area contributed by atoms with Crippen LogP contribution < -0.4 is 4.74 Å². The molecular formula is C12H7Br2Cl2NO. The van der Waals surface area contributed by atoms with Gasteiger partial charge in [-0.05, 0) is 39.7 Å². The Balaban J connectivity index is 2.28. The van der Waals surface area contributed by atoms with Crippen molar-refractivity contribution in [2.45, 2.75) is 5.88 Å². The lowest BCUT2D eigenvalue weighted by Gasteiger charge is -2.08. The highest BCUT2D eigenvalue weighted by atomic mass is 79.9. The molecule has 0 atom stereocenters. The molecule has 0 radical (unpaired) electrons. The van der Waals surface area contributed by atoms with Crippen molar-refractivity contribution in [1.29, 1.82) is 0 Å². The summed E-state index contributed by atoms with van der Waals surface area (Å²) < 4.78 is 7.46. The third-order valence-electron chi connectivity index (χ3n) is 2.16. The van der Waals surface area contributed by atoms with E-state index in [2.05, 4.69) is 36.8 Å². The van der Waals surface area contributed by atoms with Gasteiger partial charge in [-0.15, -0.1) is 11.6 Å². The zero-order chi connectivity index (χ0) is 13.1. The van der Waals surface area contributed by atoms with Gasteiger partial charge in [0.1, 0.15) is 5.75 Å². The molecule has 2 rings (SSSR count). The summed E-state index contributed by atoms with van der Waals surface area (Å²) in [5.74, 6) is 1.45. The highest BCUT2D eigenvalue weighted by Gasteiger charge is 2.07. The van der Waals surface area contributed by atoms with E-state index in [4.69, 9.17) is 27.9 Å². The molecule has 0 saturated carbocycles. The number of halogens is 4. The molecule has 6 heteroatoms. The van der Waals surface area contributed by atoms with Crippen molar-refractivity contribution < 1.29 is 4.74 Å². The molecule has 0 aliphatic heterocycles. The first-order chi connectivity index (χ1) is 8.60. The Morgan fingerprint density at radius 3 is 2.67 bits per heavy atom. The molecule has 18 heavy (non-hydrogen) atoms. The van der Waals surface area contributed by atoms with Gasteiger partial charge in [-0.2, -0.15) is 0 Å². The number of benzene rings is 1. The first-order valence-corrected chi connectivity index (χ1v) is 7.43. The van der Waals surface area contributed by atoms with Crippen LogP contribution in [0.25, 0.3) is 0 Å². The first-order valence-electron chi connectivity index (χ1n) is 4.93. The highest BCUT2D eigenvalue weighted by molar-refractivity contribution is 9.11. The fourth-order valence-corrected chi connectivity index (χ4v) is 2.88. The van der Waals surface area contributed by atoms with Gasteiger partial charge < -0.3 is 4.74 Å². The SMILES string of the molecule is ClCc1cc(Oc2ccc(Br)cc2Br)ncc1Cl. The van der Waals surface area contributed by atoms with Crippen LogP contribution in [0, 0.1) is 0 Å². The minimum Gasteiger partial charge on any atom is -0.438 e. The van der Waals surface area contributed by atoms with Crippen molar-refractivity contribution in [1.82, 2.24) is 4.98 Å². The van der Waals surface area contributed by atoms with E-state index in [9.17, 15) is 0 Å². The van der Waals surface area contributed by atoms with Gasteiger partial charge in [0.15, 0.2) is 0 Å². The molecule has 0 spiro atoms. The van der Waals surface area contributed by atoms with Gasteiger partial charge in [-0.1, -0.05) is 27.5 Å². The van der Waals surface area contributed by atoms with Gasteiger partial charge in [0.05, 0.1) is 9.50 Å². The number of nitrogens with zero attached hydrogens (tertiary/aromatic N) is 1. The maximum atomic E-state index is 5.93. The summed E-state index contributed by atoms with van der Waals surface area (Å²) in [6, 6.07) is 7.35. The lowest BCUT2D eigenvalue weighted by atomic mass is 10.3. The lowest BCUT2D eigenvalue weighted by Crippen LogP contribution is -1.91. The monoisotopic (exact) mass is 409 g/mol. The zero-order valence-corrected chi connectivity index (χ0v) is 13.6. The molecule has 94 valence electrons. The summed E-state index contributed by atoms with van der Waals surface area (Å²) in [6.45, 7) is 0. The lowest BCUT2D eigenvalue weighted by molar-refractivity contribution is 0.459. The van der Waals surface area contributed by atoms with Gasteiger partial charge in [-0.3, -0.25) is 0 Å². The maximum Gasteiger partial charge on any atom is 0.219 e. The fourth-order valence-electron chi connectivity index (χ4n) is 1.29. The minimum atomic E-state index is 0.319. The molecule has 0 N–H and O–H groups in total. The van der Waals surface area contributed by atoms with E-state index in [1.165, 1.54) is 6.20 Å². The van der Waals surface area contributed by atoms with E-state index in [1.54, 1.807) is 6.07 Å². The van der Waals surface area contributed by atoms with Crippen LogP contribution in [0.2, 0.25) is 5.02 Å². The van der Waals surface area contributed by atoms with Crippen molar-refractivity contribution in [3.8, 4) is 11.6 Å². The van der Waals surface area contributed by atoms with Crippen LogP contribution in [0.15, 0.2) is 39.4 Å². The van der Waals surface area contributed by atoms with Crippen LogP contribution in [-0.4, -0.2) is 4.98 Å². The summed E-state index contributed by atoms with van der Waals surface area (Å²) in [5.41, 5.74) is 0.788. The molecule has 0 aliphatic rings. The topological polar surface area (TPSA) is 22.1 Å². The zero-order valence-electron chi connectivity index (χ0n) is 8.96. The third kappa shape index (κ3) is 3.38.